The minimum absolute atomic E-state index is 0.0253. The molecule has 0 saturated heterocycles. The number of phenolic OH excluding ortho intramolecular Hbond substituents is 1. The van der Waals surface area contributed by atoms with E-state index in [9.17, 15) is 9.90 Å². The van der Waals surface area contributed by atoms with Gasteiger partial charge < -0.3 is 25.7 Å². The number of nitrogens with two attached hydrogens (primary N) is 1. The Labute approximate surface area is 110 Å². The fourth-order valence-corrected chi connectivity index (χ4v) is 1.58. The molecule has 104 valence electrons. The van der Waals surface area contributed by atoms with Crippen molar-refractivity contribution in [2.45, 2.75) is 6.92 Å². The molecule has 0 aliphatic rings. The molecular formula is C12H17N3O4. The van der Waals surface area contributed by atoms with Crippen molar-refractivity contribution in [1.29, 1.82) is 0 Å². The summed E-state index contributed by atoms with van der Waals surface area (Å²) in [6.07, 6.45) is 0. The highest BCUT2D eigenvalue weighted by molar-refractivity contribution is 5.99. The second-order valence-electron chi connectivity index (χ2n) is 3.77. The van der Waals surface area contributed by atoms with Crippen molar-refractivity contribution in [3.8, 4) is 11.5 Å². The molecule has 0 aliphatic carbocycles. The lowest BCUT2D eigenvalue weighted by molar-refractivity contribution is 0.0782. The first-order chi connectivity index (χ1) is 9.04. The molecule has 0 fully saturated rings. The molecule has 0 spiro atoms. The van der Waals surface area contributed by atoms with E-state index in [0.717, 1.165) is 0 Å². The van der Waals surface area contributed by atoms with Gasteiger partial charge >= 0.3 is 0 Å². The zero-order valence-electron chi connectivity index (χ0n) is 10.8. The fourth-order valence-electron chi connectivity index (χ4n) is 1.58. The number of carbonyl (C=O) groups excluding carboxylic acids is 1. The third-order valence-electron chi connectivity index (χ3n) is 2.60. The summed E-state index contributed by atoms with van der Waals surface area (Å²) in [6.45, 7) is 2.08. The number of carbonyl (C=O) groups is 1. The predicted octanol–water partition coefficient (Wildman–Crippen LogP) is 0.609. The number of benzene rings is 1. The van der Waals surface area contributed by atoms with Gasteiger partial charge in [0.1, 0.15) is 0 Å². The molecule has 0 atom stereocenters. The lowest BCUT2D eigenvalue weighted by Gasteiger charge is -2.20. The van der Waals surface area contributed by atoms with Gasteiger partial charge in [0, 0.05) is 6.54 Å². The van der Waals surface area contributed by atoms with E-state index in [4.69, 9.17) is 15.7 Å². The first-order valence-electron chi connectivity index (χ1n) is 5.66. The average Bonchev–Trinajstić information content (AvgIpc) is 2.44. The Hall–Kier alpha value is -2.44. The second-order valence-corrected chi connectivity index (χ2v) is 3.77. The number of oxime groups is 1. The normalized spacial score (nSPS) is 11.2. The molecule has 0 aliphatic heterocycles. The zero-order chi connectivity index (χ0) is 14.4. The van der Waals surface area contributed by atoms with E-state index >= 15 is 0 Å². The molecule has 4 N–H and O–H groups in total. The number of methoxy groups -OCH3 is 1. The van der Waals surface area contributed by atoms with Gasteiger partial charge in [-0.25, -0.2) is 0 Å². The van der Waals surface area contributed by atoms with Gasteiger partial charge in [0.2, 0.25) is 0 Å². The van der Waals surface area contributed by atoms with Crippen molar-refractivity contribution in [3.05, 3.63) is 23.8 Å². The van der Waals surface area contributed by atoms with Gasteiger partial charge in [0.25, 0.3) is 5.91 Å². The Bertz CT molecular complexity index is 488. The van der Waals surface area contributed by atoms with E-state index in [2.05, 4.69) is 5.16 Å². The second kappa shape index (κ2) is 6.48. The first-order valence-corrected chi connectivity index (χ1v) is 5.66. The van der Waals surface area contributed by atoms with Crippen LogP contribution in [0, 0.1) is 0 Å². The van der Waals surface area contributed by atoms with Gasteiger partial charge in [0.15, 0.2) is 17.3 Å². The van der Waals surface area contributed by atoms with E-state index in [0.29, 0.717) is 6.54 Å². The number of rotatable bonds is 5. The van der Waals surface area contributed by atoms with Crippen LogP contribution < -0.4 is 10.5 Å². The highest BCUT2D eigenvalue weighted by Crippen LogP contribution is 2.30. The fraction of sp³-hybridized carbons (Fsp3) is 0.333. The molecule has 0 unspecified atom stereocenters. The predicted molar refractivity (Wildman–Crippen MR) is 69.6 cm³/mol. The molecule has 7 nitrogen and oxygen atoms in total. The highest BCUT2D eigenvalue weighted by atomic mass is 16.5. The van der Waals surface area contributed by atoms with Crippen molar-refractivity contribution < 1.29 is 19.8 Å². The summed E-state index contributed by atoms with van der Waals surface area (Å²) >= 11 is 0. The zero-order valence-corrected chi connectivity index (χ0v) is 10.8. The van der Waals surface area contributed by atoms with Crippen molar-refractivity contribution in [1.82, 2.24) is 4.90 Å². The van der Waals surface area contributed by atoms with Crippen molar-refractivity contribution in [2.24, 2.45) is 10.9 Å². The summed E-state index contributed by atoms with van der Waals surface area (Å²) in [5, 5.41) is 21.3. The molecule has 7 heteroatoms. The van der Waals surface area contributed by atoms with Crippen LogP contribution in [0.15, 0.2) is 23.4 Å². The van der Waals surface area contributed by atoms with Crippen LogP contribution in [0.3, 0.4) is 0 Å². The summed E-state index contributed by atoms with van der Waals surface area (Å²) in [7, 11) is 1.40. The number of amides is 1. The van der Waals surface area contributed by atoms with Gasteiger partial charge in [-0.05, 0) is 19.1 Å². The Morgan fingerprint density at radius 3 is 2.74 bits per heavy atom. The van der Waals surface area contributed by atoms with E-state index in [1.165, 1.54) is 18.1 Å². The Morgan fingerprint density at radius 2 is 2.21 bits per heavy atom. The Balaban J connectivity index is 3.04. The van der Waals surface area contributed by atoms with E-state index in [-0.39, 0.29) is 29.4 Å². The molecule has 0 bridgehead atoms. The van der Waals surface area contributed by atoms with Crippen LogP contribution in [0.1, 0.15) is 17.3 Å². The number of hydrogen-bond donors (Lipinski definition) is 3. The molecule has 1 aromatic carbocycles. The van der Waals surface area contributed by atoms with Gasteiger partial charge in [-0.2, -0.15) is 0 Å². The average molecular weight is 267 g/mol. The highest BCUT2D eigenvalue weighted by Gasteiger charge is 2.20. The van der Waals surface area contributed by atoms with Gasteiger partial charge in [-0.3, -0.25) is 4.79 Å². The standard InChI is InChI=1S/C12H17N3O4/c1-3-15(7-10(13)14-18)12(17)8-5-4-6-9(19-2)11(8)16/h4-6,16,18H,3,7H2,1-2H3,(H2,13,14). The number of ether oxygens (including phenoxy) is 1. The largest absolute Gasteiger partial charge is 0.504 e. The minimum Gasteiger partial charge on any atom is -0.504 e. The van der Waals surface area contributed by atoms with Crippen LogP contribution in [-0.4, -0.2) is 47.2 Å². The molecule has 1 aromatic rings. The molecule has 0 saturated carbocycles. The Kier molecular flexibility index (Phi) is 4.99. The number of phenols is 1. The van der Waals surface area contributed by atoms with Crippen LogP contribution >= 0.6 is 0 Å². The van der Waals surface area contributed by atoms with Crippen molar-refractivity contribution in [3.63, 3.8) is 0 Å². The number of likely N-dealkylation sites (N-methyl/N-ethyl adjacent to an activating group) is 1. The lowest BCUT2D eigenvalue weighted by atomic mass is 10.1. The smallest absolute Gasteiger partial charge is 0.258 e. The lowest BCUT2D eigenvalue weighted by Crippen LogP contribution is -2.38. The van der Waals surface area contributed by atoms with Crippen LogP contribution in [-0.2, 0) is 0 Å². The molecule has 0 radical (unpaired) electrons. The summed E-state index contributed by atoms with van der Waals surface area (Å²) in [4.78, 5) is 13.6. The van der Waals surface area contributed by atoms with Gasteiger partial charge in [-0.1, -0.05) is 11.2 Å². The van der Waals surface area contributed by atoms with Gasteiger partial charge in [0.05, 0.1) is 19.2 Å². The molecular weight excluding hydrogens is 250 g/mol. The van der Waals surface area contributed by atoms with Crippen molar-refractivity contribution >= 4 is 11.7 Å². The maximum Gasteiger partial charge on any atom is 0.258 e. The number of amidine groups is 1. The molecule has 0 aromatic heterocycles. The number of hydrogen-bond acceptors (Lipinski definition) is 5. The number of nitrogens with zero attached hydrogens (tertiary/aromatic N) is 2. The maximum absolute atomic E-state index is 12.2. The summed E-state index contributed by atoms with van der Waals surface area (Å²) in [5.74, 6) is -0.526. The van der Waals surface area contributed by atoms with E-state index in [1.807, 2.05) is 0 Å². The monoisotopic (exact) mass is 267 g/mol. The van der Waals surface area contributed by atoms with Crippen LogP contribution in [0.5, 0.6) is 11.5 Å². The minimum atomic E-state index is -0.425. The molecule has 1 rings (SSSR count). The summed E-state index contributed by atoms with van der Waals surface area (Å²) < 4.78 is 4.94. The quantitative estimate of drug-likeness (QED) is 0.313. The third kappa shape index (κ3) is 3.27. The van der Waals surface area contributed by atoms with E-state index in [1.54, 1.807) is 19.1 Å². The SMILES string of the molecule is CCN(CC(N)=NO)C(=O)c1cccc(OC)c1O. The number of aromatic hydroxyl groups is 1. The van der Waals surface area contributed by atoms with Crippen LogP contribution in [0.25, 0.3) is 0 Å². The number of para-hydroxylation sites is 1. The summed E-state index contributed by atoms with van der Waals surface area (Å²) in [6, 6.07) is 4.63. The van der Waals surface area contributed by atoms with Gasteiger partial charge in [-0.15, -0.1) is 0 Å². The third-order valence-corrected chi connectivity index (χ3v) is 2.60. The molecule has 1 amide bonds. The van der Waals surface area contributed by atoms with Crippen LogP contribution in [0.2, 0.25) is 0 Å². The van der Waals surface area contributed by atoms with Crippen LogP contribution in [0.4, 0.5) is 0 Å². The summed E-state index contributed by atoms with van der Waals surface area (Å²) in [5.41, 5.74) is 5.48. The Morgan fingerprint density at radius 1 is 1.53 bits per heavy atom. The van der Waals surface area contributed by atoms with Crippen molar-refractivity contribution in [2.75, 3.05) is 20.2 Å². The molecule has 0 heterocycles. The first kappa shape index (κ1) is 14.6. The molecule has 19 heavy (non-hydrogen) atoms. The maximum atomic E-state index is 12.2. The topological polar surface area (TPSA) is 108 Å². The van der Waals surface area contributed by atoms with E-state index < -0.39 is 5.91 Å².